The number of oxime groups is 1. The number of aliphatic carboxylic acids is 1. The number of anilines is 1. The molecule has 0 spiro atoms. The molecule has 2 aromatic heterocycles. The van der Waals surface area contributed by atoms with E-state index in [9.17, 15) is 33.1 Å². The van der Waals surface area contributed by atoms with Crippen LogP contribution < -0.4 is 21.9 Å². The number of carboxylic acid groups (broad SMARTS) is 1. The average molecular weight is 634 g/mol. The van der Waals surface area contributed by atoms with E-state index < -0.39 is 44.7 Å². The van der Waals surface area contributed by atoms with Gasteiger partial charge in [-0.25, -0.2) is 13.4 Å². The van der Waals surface area contributed by atoms with E-state index in [1.165, 1.54) is 24.2 Å². The minimum atomic E-state index is -3.46. The smallest absolute Gasteiger partial charge is 0.276 e. The van der Waals surface area contributed by atoms with Crippen LogP contribution in [0.5, 0.6) is 0 Å². The molecule has 0 saturated carbocycles. The van der Waals surface area contributed by atoms with Gasteiger partial charge in [-0.1, -0.05) is 39.9 Å². The molecule has 14 nitrogen and oxygen atoms in total. The zero-order valence-electron chi connectivity index (χ0n) is 19.7. The van der Waals surface area contributed by atoms with Crippen LogP contribution >= 0.6 is 46.5 Å². The number of nitrogens with two attached hydrogens (primary N) is 1. The van der Waals surface area contributed by atoms with Crippen LogP contribution in [0.1, 0.15) is 11.3 Å². The molecule has 4 rings (SSSR count). The molecular formula is C20H20ClN7O7S4. The molecule has 2 atom stereocenters. The van der Waals surface area contributed by atoms with Gasteiger partial charge in [-0.05, 0) is 11.6 Å². The maximum absolute atomic E-state index is 13.0. The van der Waals surface area contributed by atoms with Crippen LogP contribution in [0.25, 0.3) is 0 Å². The van der Waals surface area contributed by atoms with Gasteiger partial charge in [0.25, 0.3) is 11.8 Å². The lowest BCUT2D eigenvalue weighted by Crippen LogP contribution is -2.71. The number of sulfone groups is 1. The summed E-state index contributed by atoms with van der Waals surface area (Å²) in [7, 11) is -3.46. The highest BCUT2D eigenvalue weighted by molar-refractivity contribution is 8.06. The predicted octanol–water partition coefficient (Wildman–Crippen LogP) is -1.74. The molecule has 1 saturated heterocycles. The molecule has 0 aromatic carbocycles. The molecule has 0 radical (unpaired) electrons. The number of carbonyl (C=O) groups excluding carboxylic acids is 3. The molecule has 2 aliphatic heterocycles. The Hall–Kier alpha value is -2.90. The standard InChI is InChI=1S/C20H20ClN7O7S4/c21-15-11(26-20(23)38-15)12(27-33)16(29)25-13-17(30)28-14(19(31)32)10(6-36-18(13)28)37-9-1-3-24-5-8(9)7-39(34,35)4-2-22/h1,3,5,13,18,33H,2,4,6-7,22H2,(H2,23,26)(H,25,29)(H,31,32)/b27-12-/t13-,18-/m1/s1. The molecule has 208 valence electrons. The summed E-state index contributed by atoms with van der Waals surface area (Å²) in [4.78, 5) is 47.4. The topological polar surface area (TPSA) is 236 Å². The summed E-state index contributed by atoms with van der Waals surface area (Å²) in [5.41, 5.74) is 8.41. The van der Waals surface area contributed by atoms with Crippen molar-refractivity contribution in [1.29, 1.82) is 0 Å². The lowest BCUT2D eigenvalue weighted by atomic mass is 10.0. The van der Waals surface area contributed by atoms with Gasteiger partial charge in [-0.15, -0.1) is 11.8 Å². The molecule has 2 aliphatic rings. The number of thiazole rings is 1. The first-order chi connectivity index (χ1) is 18.5. The summed E-state index contributed by atoms with van der Waals surface area (Å²) in [6, 6.07) is 0.419. The van der Waals surface area contributed by atoms with E-state index in [4.69, 9.17) is 17.3 Å². The zero-order valence-corrected chi connectivity index (χ0v) is 23.7. The Morgan fingerprint density at radius 2 is 2.18 bits per heavy atom. The first-order valence-electron chi connectivity index (χ1n) is 10.9. The first-order valence-corrected chi connectivity index (χ1v) is 15.8. The van der Waals surface area contributed by atoms with Gasteiger partial charge in [-0.2, -0.15) is 0 Å². The number of fused-ring (bicyclic) bond motifs is 1. The number of hydrogen-bond acceptors (Lipinski definition) is 14. The first kappa shape index (κ1) is 29.1. The number of amides is 2. The maximum Gasteiger partial charge on any atom is 0.276 e. The van der Waals surface area contributed by atoms with Gasteiger partial charge < -0.3 is 31.9 Å². The quantitative estimate of drug-likeness (QED) is 0.0987. The number of pyridine rings is 1. The molecule has 0 aliphatic carbocycles. The monoisotopic (exact) mass is 633 g/mol. The molecule has 1 fully saturated rings. The van der Waals surface area contributed by atoms with Crippen LogP contribution in [0.15, 0.2) is 39.1 Å². The van der Waals surface area contributed by atoms with E-state index in [0.29, 0.717) is 10.5 Å². The number of carboxylic acids is 1. The van der Waals surface area contributed by atoms with Crippen molar-refractivity contribution in [3.63, 3.8) is 0 Å². The normalized spacial score (nSPS) is 19.5. The second kappa shape index (κ2) is 11.7. The number of nitrogens with one attached hydrogen (secondary N) is 1. The van der Waals surface area contributed by atoms with E-state index in [1.54, 1.807) is 6.07 Å². The Morgan fingerprint density at radius 3 is 2.79 bits per heavy atom. The summed E-state index contributed by atoms with van der Waals surface area (Å²) in [5.74, 6) is -3.60. The summed E-state index contributed by atoms with van der Waals surface area (Å²) in [5, 5.41) is 26.1. The van der Waals surface area contributed by atoms with E-state index in [1.807, 2.05) is 0 Å². The number of thioether (sulfide) groups is 2. The molecule has 4 heterocycles. The number of hydrogen-bond donors (Lipinski definition) is 4. The van der Waals surface area contributed by atoms with Crippen LogP contribution in [-0.4, -0.2) is 81.5 Å². The van der Waals surface area contributed by atoms with Gasteiger partial charge in [-0.3, -0.25) is 19.5 Å². The number of halogens is 1. The molecule has 39 heavy (non-hydrogen) atoms. The maximum atomic E-state index is 13.0. The van der Waals surface area contributed by atoms with Gasteiger partial charge in [0.2, 0.25) is 0 Å². The lowest BCUT2D eigenvalue weighted by Gasteiger charge is -2.50. The van der Waals surface area contributed by atoms with Crippen LogP contribution in [0, 0.1) is 0 Å². The van der Waals surface area contributed by atoms with Crippen molar-refractivity contribution >= 4 is 84.9 Å². The molecule has 0 bridgehead atoms. The third-order valence-electron chi connectivity index (χ3n) is 5.48. The van der Waals surface area contributed by atoms with E-state index in [0.717, 1.165) is 28.0 Å². The zero-order chi connectivity index (χ0) is 28.5. The molecule has 0 unspecified atom stereocenters. The molecule has 19 heteroatoms. The van der Waals surface area contributed by atoms with Crippen molar-refractivity contribution in [1.82, 2.24) is 20.2 Å². The Kier molecular flexibility index (Phi) is 8.72. The molecule has 2 aromatic rings. The Labute approximate surface area is 238 Å². The predicted molar refractivity (Wildman–Crippen MR) is 142 cm³/mol. The lowest BCUT2D eigenvalue weighted by molar-refractivity contribution is -0.360. The fourth-order valence-corrected chi connectivity index (χ4v) is 8.69. The van der Waals surface area contributed by atoms with E-state index in [-0.39, 0.29) is 49.6 Å². The minimum absolute atomic E-state index is 0.00235. The van der Waals surface area contributed by atoms with Crippen molar-refractivity contribution in [2.75, 3.05) is 23.8 Å². The van der Waals surface area contributed by atoms with Crippen LogP contribution in [0.2, 0.25) is 4.34 Å². The van der Waals surface area contributed by atoms with Gasteiger partial charge in [0.05, 0.1) is 29.7 Å². The summed E-state index contributed by atoms with van der Waals surface area (Å²) < 4.78 is 24.7. The second-order valence-corrected chi connectivity index (χ2v) is 14.1. The SMILES string of the molecule is Nc1nc(/C(=N/O)C(=O)N[C@@H]2C(=O)N3C(C(=O)[O-])=C(Sc4ccncc4CS(=O)(=O)CC[NH3+])CS[C@H]23)c(Cl)s1. The third kappa shape index (κ3) is 5.99. The van der Waals surface area contributed by atoms with E-state index in [2.05, 4.69) is 26.2 Å². The van der Waals surface area contributed by atoms with Crippen molar-refractivity contribution in [2.45, 2.75) is 22.1 Å². The molecular weight excluding hydrogens is 614 g/mol. The van der Waals surface area contributed by atoms with Crippen molar-refractivity contribution in [2.24, 2.45) is 5.16 Å². The van der Waals surface area contributed by atoms with E-state index >= 15 is 0 Å². The minimum Gasteiger partial charge on any atom is -0.543 e. The fraction of sp³-hybridized carbons (Fsp3) is 0.300. The van der Waals surface area contributed by atoms with Gasteiger partial charge in [0, 0.05) is 27.9 Å². The highest BCUT2D eigenvalue weighted by Gasteiger charge is 2.53. The number of β-lactam (4-membered cyclic amide) rings is 1. The fourth-order valence-electron chi connectivity index (χ4n) is 3.82. The number of nitrogens with zero attached hydrogens (tertiary/aromatic N) is 4. The summed E-state index contributed by atoms with van der Waals surface area (Å²) in [6.07, 6.45) is 2.84. The number of nitrogen functional groups attached to an aromatic ring is 1. The van der Waals surface area contributed by atoms with Crippen LogP contribution in [-0.2, 0) is 30.0 Å². The highest BCUT2D eigenvalue weighted by Crippen LogP contribution is 2.45. The summed E-state index contributed by atoms with van der Waals surface area (Å²) >= 11 is 9.03. The van der Waals surface area contributed by atoms with Gasteiger partial charge >= 0.3 is 0 Å². The Morgan fingerprint density at radius 1 is 1.44 bits per heavy atom. The van der Waals surface area contributed by atoms with Gasteiger partial charge in [0.15, 0.2) is 20.7 Å². The van der Waals surface area contributed by atoms with Crippen molar-refractivity contribution in [3.05, 3.63) is 44.7 Å². The average Bonchev–Trinajstić information content (AvgIpc) is 3.20. The third-order valence-corrected chi connectivity index (χ3v) is 10.9. The molecule has 2 amide bonds. The highest BCUT2D eigenvalue weighted by atomic mass is 35.5. The number of rotatable bonds is 10. The Balaban J connectivity index is 1.55. The van der Waals surface area contributed by atoms with Crippen LogP contribution in [0.4, 0.5) is 5.13 Å². The molecule has 7 N–H and O–H groups in total. The van der Waals surface area contributed by atoms with Gasteiger partial charge in [0.1, 0.15) is 21.4 Å². The van der Waals surface area contributed by atoms with Crippen LogP contribution in [0.3, 0.4) is 0 Å². The second-order valence-electron chi connectivity index (χ2n) is 8.07. The number of quaternary nitrogens is 1. The van der Waals surface area contributed by atoms with Crippen molar-refractivity contribution in [3.8, 4) is 0 Å². The number of aromatic nitrogens is 2. The largest absolute Gasteiger partial charge is 0.543 e. The van der Waals surface area contributed by atoms with Crippen molar-refractivity contribution < 1.29 is 38.8 Å². The summed E-state index contributed by atoms with van der Waals surface area (Å²) in [6.45, 7) is 0.203. The Bertz CT molecular complexity index is 1510. The number of carbonyl (C=O) groups is 3.